The van der Waals surface area contributed by atoms with Gasteiger partial charge in [0.25, 0.3) is 0 Å². The van der Waals surface area contributed by atoms with Crippen molar-refractivity contribution in [1.82, 2.24) is 0 Å². The number of ether oxygens (including phenoxy) is 3. The minimum absolute atomic E-state index is 0.00735. The highest BCUT2D eigenvalue weighted by atomic mass is 16.6. The maximum absolute atomic E-state index is 12.4. The van der Waals surface area contributed by atoms with Crippen LogP contribution >= 0.6 is 0 Å². The minimum Gasteiger partial charge on any atom is -0.462 e. The molecule has 1 atom stereocenters. The molecule has 0 aliphatic rings. The predicted molar refractivity (Wildman–Crippen MR) is 173 cm³/mol. The van der Waals surface area contributed by atoms with Crippen LogP contribution in [0, 0.1) is 0 Å². The molecular formula is C34H63N3O6. The Kier molecular flexibility index (Phi) is 30.9. The van der Waals surface area contributed by atoms with E-state index in [4.69, 9.17) is 19.7 Å². The first-order valence-electron chi connectivity index (χ1n) is 17.5. The van der Waals surface area contributed by atoms with Gasteiger partial charge in [-0.1, -0.05) is 147 Å². The molecule has 0 rings (SSSR count). The van der Waals surface area contributed by atoms with E-state index >= 15 is 0 Å². The van der Waals surface area contributed by atoms with Gasteiger partial charge in [-0.15, -0.1) is 0 Å². The number of carbonyl (C=O) groups excluding carboxylic acids is 3. The second-order valence-electron chi connectivity index (χ2n) is 11.8. The van der Waals surface area contributed by atoms with E-state index in [0.717, 1.165) is 38.5 Å². The van der Waals surface area contributed by atoms with Gasteiger partial charge in [-0.05, 0) is 18.4 Å². The normalized spacial score (nSPS) is 11.5. The van der Waals surface area contributed by atoms with Gasteiger partial charge in [0.2, 0.25) is 0 Å². The van der Waals surface area contributed by atoms with Crippen molar-refractivity contribution in [3.8, 4) is 0 Å². The summed E-state index contributed by atoms with van der Waals surface area (Å²) < 4.78 is 16.0. The van der Waals surface area contributed by atoms with Crippen LogP contribution in [0.25, 0.3) is 10.4 Å². The second-order valence-corrected chi connectivity index (χ2v) is 11.8. The molecule has 0 amide bonds. The van der Waals surface area contributed by atoms with Gasteiger partial charge >= 0.3 is 17.9 Å². The van der Waals surface area contributed by atoms with Crippen LogP contribution in [0.15, 0.2) is 5.11 Å². The quantitative estimate of drug-likeness (QED) is 0.0186. The van der Waals surface area contributed by atoms with Gasteiger partial charge in [-0.3, -0.25) is 14.4 Å². The molecule has 0 N–H and O–H groups in total. The van der Waals surface area contributed by atoms with E-state index in [1.807, 2.05) is 0 Å². The van der Waals surface area contributed by atoms with Crippen LogP contribution in [0.5, 0.6) is 0 Å². The summed E-state index contributed by atoms with van der Waals surface area (Å²) in [5, 5.41) is 3.32. The van der Waals surface area contributed by atoms with Gasteiger partial charge in [0.1, 0.15) is 13.2 Å². The Hall–Kier alpha value is -2.28. The maximum atomic E-state index is 12.4. The number of hydrogen-bond acceptors (Lipinski definition) is 7. The molecule has 250 valence electrons. The average Bonchev–Trinajstić information content (AvgIpc) is 3.00. The van der Waals surface area contributed by atoms with Crippen LogP contribution in [0.3, 0.4) is 0 Å². The van der Waals surface area contributed by atoms with Crippen molar-refractivity contribution in [3.63, 3.8) is 0 Å². The van der Waals surface area contributed by atoms with Crippen molar-refractivity contribution in [3.05, 3.63) is 10.4 Å². The van der Waals surface area contributed by atoms with Crippen LogP contribution in [-0.4, -0.2) is 43.8 Å². The van der Waals surface area contributed by atoms with E-state index in [1.165, 1.54) is 103 Å². The van der Waals surface area contributed by atoms with Crippen molar-refractivity contribution < 1.29 is 28.6 Å². The van der Waals surface area contributed by atoms with Crippen LogP contribution in [-0.2, 0) is 28.6 Å². The Morgan fingerprint density at radius 1 is 0.535 bits per heavy atom. The SMILES string of the molecule is CCCCCCCCCCCCCC(=O)OCC(COC(=O)CCN=[N+]=[N-])OC(=O)CCCCCCCCCCCCC. The topological polar surface area (TPSA) is 128 Å². The number of azide groups is 1. The summed E-state index contributed by atoms with van der Waals surface area (Å²) in [5.41, 5.74) is 8.36. The molecule has 0 bridgehead atoms. The zero-order valence-electron chi connectivity index (χ0n) is 27.7. The number of rotatable bonds is 32. The Morgan fingerprint density at radius 2 is 0.884 bits per heavy atom. The third-order valence-electron chi connectivity index (χ3n) is 7.61. The summed E-state index contributed by atoms with van der Waals surface area (Å²) in [6.07, 6.45) is 26.0. The van der Waals surface area contributed by atoms with Crippen molar-refractivity contribution in [2.75, 3.05) is 19.8 Å². The Morgan fingerprint density at radius 3 is 1.28 bits per heavy atom. The predicted octanol–water partition coefficient (Wildman–Crippen LogP) is 10.1. The molecule has 0 aliphatic heterocycles. The largest absolute Gasteiger partial charge is 0.462 e. The number of nitrogens with zero attached hydrogens (tertiary/aromatic N) is 3. The zero-order valence-corrected chi connectivity index (χ0v) is 27.7. The fourth-order valence-electron chi connectivity index (χ4n) is 4.93. The second kappa shape index (κ2) is 32.6. The lowest BCUT2D eigenvalue weighted by molar-refractivity contribution is -0.166. The summed E-state index contributed by atoms with van der Waals surface area (Å²) in [7, 11) is 0. The lowest BCUT2D eigenvalue weighted by Gasteiger charge is -2.18. The minimum atomic E-state index is -0.857. The fraction of sp³-hybridized carbons (Fsp3) is 0.912. The van der Waals surface area contributed by atoms with Crippen LogP contribution in [0.4, 0.5) is 0 Å². The highest BCUT2D eigenvalue weighted by Crippen LogP contribution is 2.14. The molecule has 0 fully saturated rings. The first kappa shape index (κ1) is 40.7. The maximum Gasteiger partial charge on any atom is 0.306 e. The number of unbranched alkanes of at least 4 members (excludes halogenated alkanes) is 20. The van der Waals surface area contributed by atoms with Crippen LogP contribution < -0.4 is 0 Å². The van der Waals surface area contributed by atoms with Crippen molar-refractivity contribution >= 4 is 17.9 Å². The molecule has 9 heteroatoms. The first-order valence-corrected chi connectivity index (χ1v) is 17.5. The van der Waals surface area contributed by atoms with Crippen LogP contribution in [0.2, 0.25) is 0 Å². The molecule has 0 spiro atoms. The average molecular weight is 610 g/mol. The molecule has 0 aliphatic carbocycles. The lowest BCUT2D eigenvalue weighted by atomic mass is 10.1. The van der Waals surface area contributed by atoms with Gasteiger partial charge in [0.05, 0.1) is 6.42 Å². The highest BCUT2D eigenvalue weighted by Gasteiger charge is 2.19. The summed E-state index contributed by atoms with van der Waals surface area (Å²) in [6.45, 7) is 4.11. The van der Waals surface area contributed by atoms with Gasteiger partial charge in [-0.25, -0.2) is 0 Å². The molecule has 0 aromatic heterocycles. The third kappa shape index (κ3) is 31.0. The van der Waals surface area contributed by atoms with E-state index in [1.54, 1.807) is 0 Å². The molecule has 43 heavy (non-hydrogen) atoms. The van der Waals surface area contributed by atoms with E-state index < -0.39 is 12.1 Å². The molecule has 0 heterocycles. The van der Waals surface area contributed by atoms with Gasteiger partial charge in [-0.2, -0.15) is 0 Å². The number of carbonyl (C=O) groups is 3. The summed E-state index contributed by atoms with van der Waals surface area (Å²) >= 11 is 0. The first-order chi connectivity index (χ1) is 21.0. The molecular weight excluding hydrogens is 546 g/mol. The van der Waals surface area contributed by atoms with E-state index in [2.05, 4.69) is 23.9 Å². The molecule has 0 saturated heterocycles. The van der Waals surface area contributed by atoms with E-state index in [0.29, 0.717) is 6.42 Å². The van der Waals surface area contributed by atoms with Crippen LogP contribution in [0.1, 0.15) is 174 Å². The van der Waals surface area contributed by atoms with Crippen molar-refractivity contribution in [2.45, 2.75) is 180 Å². The smallest absolute Gasteiger partial charge is 0.306 e. The number of hydrogen-bond donors (Lipinski definition) is 0. The lowest BCUT2D eigenvalue weighted by Crippen LogP contribution is -2.31. The van der Waals surface area contributed by atoms with Crippen molar-refractivity contribution in [2.24, 2.45) is 5.11 Å². The van der Waals surface area contributed by atoms with Gasteiger partial charge < -0.3 is 14.2 Å². The Balaban J connectivity index is 4.21. The number of esters is 3. The van der Waals surface area contributed by atoms with Gasteiger partial charge in [0.15, 0.2) is 6.10 Å². The van der Waals surface area contributed by atoms with Crippen molar-refractivity contribution in [1.29, 1.82) is 0 Å². The van der Waals surface area contributed by atoms with E-state index in [-0.39, 0.29) is 44.5 Å². The third-order valence-corrected chi connectivity index (χ3v) is 7.61. The molecule has 1 unspecified atom stereocenters. The molecule has 0 saturated carbocycles. The monoisotopic (exact) mass is 609 g/mol. The molecule has 9 nitrogen and oxygen atoms in total. The Labute approximate surface area is 262 Å². The highest BCUT2D eigenvalue weighted by molar-refractivity contribution is 5.71. The summed E-state index contributed by atoms with van der Waals surface area (Å²) in [5.74, 6) is -1.28. The molecule has 0 aromatic rings. The fourth-order valence-corrected chi connectivity index (χ4v) is 4.93. The summed E-state index contributed by atoms with van der Waals surface area (Å²) in [6, 6.07) is 0. The Bertz CT molecular complexity index is 727. The summed E-state index contributed by atoms with van der Waals surface area (Å²) in [4.78, 5) is 39.2. The molecule has 0 aromatic carbocycles. The van der Waals surface area contributed by atoms with E-state index in [9.17, 15) is 14.4 Å². The zero-order chi connectivity index (χ0) is 31.6. The standard InChI is InChI=1S/C34H63N3O6/c1-3-5-7-9-11-13-15-17-19-21-23-25-32(38)41-29-31(30-42-33(39)27-28-36-37-35)43-34(40)26-24-22-20-18-16-14-12-10-8-6-4-2/h31H,3-30H2,1-2H3. The van der Waals surface area contributed by atoms with Gasteiger partial charge in [0, 0.05) is 24.3 Å². The molecule has 0 radical (unpaired) electrons.